The molecule has 2 aromatic rings. The lowest BCUT2D eigenvalue weighted by Gasteiger charge is -2.12. The van der Waals surface area contributed by atoms with Crippen molar-refractivity contribution < 1.29 is 17.5 Å². The van der Waals surface area contributed by atoms with Crippen molar-refractivity contribution in [1.82, 2.24) is 0 Å². The third-order valence-corrected chi connectivity index (χ3v) is 4.85. The standard InChI is InChI=1S/C13H10BrClFNO3S/c1-20-13-5-2-8(15)6-12(13)17-21(18,19)9-3-4-10(14)11(16)7-9/h2-7,17H,1H3. The van der Waals surface area contributed by atoms with E-state index in [1.165, 1.54) is 31.4 Å². The fraction of sp³-hybridized carbons (Fsp3) is 0.0769. The van der Waals surface area contributed by atoms with Crippen molar-refractivity contribution in [2.75, 3.05) is 11.8 Å². The molecule has 0 aromatic heterocycles. The summed E-state index contributed by atoms with van der Waals surface area (Å²) in [6.45, 7) is 0. The molecule has 0 aliphatic heterocycles. The van der Waals surface area contributed by atoms with Crippen LogP contribution in [0.4, 0.5) is 10.1 Å². The van der Waals surface area contributed by atoms with E-state index in [9.17, 15) is 12.8 Å². The molecule has 0 atom stereocenters. The van der Waals surface area contributed by atoms with E-state index in [2.05, 4.69) is 20.7 Å². The fourth-order valence-corrected chi connectivity index (χ4v) is 3.10. The average Bonchev–Trinajstić information content (AvgIpc) is 2.41. The van der Waals surface area contributed by atoms with Crippen molar-refractivity contribution in [3.05, 3.63) is 51.7 Å². The zero-order chi connectivity index (χ0) is 15.6. The van der Waals surface area contributed by atoms with E-state index in [1.54, 1.807) is 6.07 Å². The van der Waals surface area contributed by atoms with Gasteiger partial charge in [0.05, 0.1) is 22.2 Å². The van der Waals surface area contributed by atoms with E-state index < -0.39 is 15.8 Å². The molecule has 1 N–H and O–H groups in total. The predicted octanol–water partition coefficient (Wildman–Crippen LogP) is 4.05. The molecule has 0 fully saturated rings. The molecule has 0 saturated heterocycles. The number of anilines is 1. The highest BCUT2D eigenvalue weighted by atomic mass is 79.9. The first-order valence-corrected chi connectivity index (χ1v) is 8.30. The van der Waals surface area contributed by atoms with E-state index in [0.29, 0.717) is 10.8 Å². The summed E-state index contributed by atoms with van der Waals surface area (Å²) in [6.07, 6.45) is 0. The Balaban J connectivity index is 2.41. The number of benzene rings is 2. The molecular formula is C13H10BrClFNO3S. The summed E-state index contributed by atoms with van der Waals surface area (Å²) in [6, 6.07) is 8.03. The van der Waals surface area contributed by atoms with Crippen LogP contribution in [0.3, 0.4) is 0 Å². The third kappa shape index (κ3) is 3.66. The van der Waals surface area contributed by atoms with Crippen molar-refractivity contribution in [3.8, 4) is 5.75 Å². The molecule has 0 aliphatic carbocycles. The highest BCUT2D eigenvalue weighted by molar-refractivity contribution is 9.10. The summed E-state index contributed by atoms with van der Waals surface area (Å²) in [5, 5.41) is 0.343. The van der Waals surface area contributed by atoms with E-state index in [1.807, 2.05) is 0 Å². The lowest BCUT2D eigenvalue weighted by Crippen LogP contribution is -2.14. The van der Waals surface area contributed by atoms with E-state index in [4.69, 9.17) is 16.3 Å². The Labute approximate surface area is 135 Å². The summed E-state index contributed by atoms with van der Waals surface area (Å²) in [4.78, 5) is -0.203. The molecule has 2 aromatic carbocycles. The van der Waals surface area contributed by atoms with E-state index in [0.717, 1.165) is 6.07 Å². The minimum atomic E-state index is -3.95. The molecule has 0 radical (unpaired) electrons. The maximum atomic E-state index is 13.5. The van der Waals surface area contributed by atoms with Crippen LogP contribution in [0.2, 0.25) is 5.02 Å². The van der Waals surface area contributed by atoms with Crippen LogP contribution in [0, 0.1) is 5.82 Å². The monoisotopic (exact) mass is 393 g/mol. The van der Waals surface area contributed by atoms with E-state index >= 15 is 0 Å². The van der Waals surface area contributed by atoms with Crippen molar-refractivity contribution in [2.45, 2.75) is 4.90 Å². The first-order valence-electron chi connectivity index (χ1n) is 5.65. The van der Waals surface area contributed by atoms with Gasteiger partial charge in [-0.3, -0.25) is 4.72 Å². The quantitative estimate of drug-likeness (QED) is 0.851. The van der Waals surface area contributed by atoms with Gasteiger partial charge in [-0.05, 0) is 52.3 Å². The SMILES string of the molecule is COc1ccc(Cl)cc1NS(=O)(=O)c1ccc(Br)c(F)c1. The van der Waals surface area contributed by atoms with Gasteiger partial charge in [-0.15, -0.1) is 0 Å². The molecule has 0 spiro atoms. The van der Waals surface area contributed by atoms with Crippen LogP contribution in [-0.4, -0.2) is 15.5 Å². The highest BCUT2D eigenvalue weighted by Crippen LogP contribution is 2.30. The zero-order valence-corrected chi connectivity index (χ0v) is 13.9. The molecule has 8 heteroatoms. The first-order chi connectivity index (χ1) is 9.83. The molecule has 4 nitrogen and oxygen atoms in total. The Morgan fingerprint density at radius 2 is 1.95 bits per heavy atom. The molecule has 0 amide bonds. The summed E-state index contributed by atoms with van der Waals surface area (Å²) >= 11 is 8.81. The second-order valence-electron chi connectivity index (χ2n) is 4.03. The molecule has 0 bridgehead atoms. The number of hydrogen-bond donors (Lipinski definition) is 1. The smallest absolute Gasteiger partial charge is 0.262 e. The molecule has 0 saturated carbocycles. The van der Waals surface area contributed by atoms with Crippen LogP contribution in [0.1, 0.15) is 0 Å². The fourth-order valence-electron chi connectivity index (χ4n) is 1.61. The van der Waals surface area contributed by atoms with E-state index in [-0.39, 0.29) is 15.1 Å². The molecule has 0 unspecified atom stereocenters. The molecule has 0 heterocycles. The van der Waals surface area contributed by atoms with Crippen LogP contribution >= 0.6 is 27.5 Å². The number of halogens is 3. The lowest BCUT2D eigenvalue weighted by molar-refractivity contribution is 0.417. The van der Waals surface area contributed by atoms with Crippen LogP contribution in [0.25, 0.3) is 0 Å². The Hall–Kier alpha value is -1.31. The lowest BCUT2D eigenvalue weighted by atomic mass is 10.3. The Kier molecular flexibility index (Phi) is 4.75. The molecule has 0 aliphatic rings. The van der Waals surface area contributed by atoms with Crippen molar-refractivity contribution in [3.63, 3.8) is 0 Å². The van der Waals surface area contributed by atoms with Gasteiger partial charge in [-0.25, -0.2) is 12.8 Å². The number of nitrogens with one attached hydrogen (secondary N) is 1. The number of methoxy groups -OCH3 is 1. The topological polar surface area (TPSA) is 55.4 Å². The largest absolute Gasteiger partial charge is 0.495 e. The Bertz CT molecular complexity index is 783. The Morgan fingerprint density at radius 1 is 1.24 bits per heavy atom. The van der Waals surface area contributed by atoms with Gasteiger partial charge in [0.25, 0.3) is 10.0 Å². The number of rotatable bonds is 4. The molecule has 2 rings (SSSR count). The minimum Gasteiger partial charge on any atom is -0.495 e. The normalized spacial score (nSPS) is 11.2. The summed E-state index contributed by atoms with van der Waals surface area (Å²) in [5.74, 6) is -0.364. The zero-order valence-electron chi connectivity index (χ0n) is 10.7. The average molecular weight is 395 g/mol. The number of sulfonamides is 1. The number of ether oxygens (including phenoxy) is 1. The van der Waals surface area contributed by atoms with Gasteiger partial charge < -0.3 is 4.74 Å². The summed E-state index contributed by atoms with van der Waals surface area (Å²) < 4.78 is 45.5. The van der Waals surface area contributed by atoms with Crippen LogP contribution < -0.4 is 9.46 Å². The van der Waals surface area contributed by atoms with Crippen LogP contribution in [0.15, 0.2) is 45.8 Å². The predicted molar refractivity (Wildman–Crippen MR) is 82.9 cm³/mol. The molecular weight excluding hydrogens is 385 g/mol. The minimum absolute atomic E-state index is 0.174. The second kappa shape index (κ2) is 6.21. The molecule has 21 heavy (non-hydrogen) atoms. The maximum absolute atomic E-state index is 13.5. The Morgan fingerprint density at radius 3 is 2.57 bits per heavy atom. The third-order valence-electron chi connectivity index (χ3n) is 2.61. The van der Waals surface area contributed by atoms with Gasteiger partial charge in [0.2, 0.25) is 0 Å². The van der Waals surface area contributed by atoms with Gasteiger partial charge in [-0.1, -0.05) is 11.6 Å². The van der Waals surface area contributed by atoms with Crippen molar-refractivity contribution in [2.24, 2.45) is 0 Å². The molecule has 112 valence electrons. The van der Waals surface area contributed by atoms with Crippen molar-refractivity contribution in [1.29, 1.82) is 0 Å². The van der Waals surface area contributed by atoms with Crippen molar-refractivity contribution >= 4 is 43.2 Å². The van der Waals surface area contributed by atoms with Crippen LogP contribution in [-0.2, 0) is 10.0 Å². The first kappa shape index (κ1) is 16.1. The summed E-state index contributed by atoms with van der Waals surface area (Å²) in [7, 11) is -2.55. The number of hydrogen-bond acceptors (Lipinski definition) is 3. The van der Waals surface area contributed by atoms with Gasteiger partial charge in [0.15, 0.2) is 0 Å². The summed E-state index contributed by atoms with van der Waals surface area (Å²) in [5.41, 5.74) is 0.174. The van der Waals surface area contributed by atoms with Crippen LogP contribution in [0.5, 0.6) is 5.75 Å². The van der Waals surface area contributed by atoms with Gasteiger partial charge in [0.1, 0.15) is 11.6 Å². The maximum Gasteiger partial charge on any atom is 0.262 e. The highest BCUT2D eigenvalue weighted by Gasteiger charge is 2.18. The van der Waals surface area contributed by atoms with Gasteiger partial charge in [-0.2, -0.15) is 0 Å². The van der Waals surface area contributed by atoms with Gasteiger partial charge >= 0.3 is 0 Å². The second-order valence-corrected chi connectivity index (χ2v) is 7.00. The van der Waals surface area contributed by atoms with Gasteiger partial charge in [0, 0.05) is 5.02 Å².